The van der Waals surface area contributed by atoms with E-state index in [2.05, 4.69) is 4.72 Å². The Balaban J connectivity index is 1.96. The molecule has 0 amide bonds. The van der Waals surface area contributed by atoms with Gasteiger partial charge in [-0.15, -0.1) is 0 Å². The van der Waals surface area contributed by atoms with E-state index in [9.17, 15) is 18.0 Å². The molecule has 3 aromatic rings. The maximum Gasteiger partial charge on any atom is 0.330 e. The van der Waals surface area contributed by atoms with E-state index in [0.29, 0.717) is 11.9 Å². The van der Waals surface area contributed by atoms with Gasteiger partial charge in [-0.1, -0.05) is 30.3 Å². The standard InChI is InChI=1S/C19H21N3O4S/c1-13(11-14-7-5-4-6-8-14)20-27(25,26)15-9-10-17-16(12-15)18(23)22(3)19(24)21(17)2/h4-10,12-13,20H,11H2,1-3H3/t13-/m1/s1. The minimum absolute atomic E-state index is 0.00865. The molecule has 1 atom stereocenters. The molecule has 0 saturated carbocycles. The van der Waals surface area contributed by atoms with Crippen LogP contribution in [0.25, 0.3) is 10.9 Å². The smallest absolute Gasteiger partial charge is 0.296 e. The van der Waals surface area contributed by atoms with Gasteiger partial charge in [0.2, 0.25) is 10.0 Å². The molecular formula is C19H21N3O4S. The Morgan fingerprint density at radius 2 is 1.67 bits per heavy atom. The predicted octanol–water partition coefficient (Wildman–Crippen LogP) is 1.15. The molecule has 0 radical (unpaired) electrons. The Kier molecular flexibility index (Phi) is 5.03. The summed E-state index contributed by atoms with van der Waals surface area (Å²) in [7, 11) is -0.903. The number of hydrogen-bond donors (Lipinski definition) is 1. The molecule has 0 fully saturated rings. The number of aryl methyl sites for hydroxylation is 1. The molecule has 3 rings (SSSR count). The van der Waals surface area contributed by atoms with Gasteiger partial charge in [0.1, 0.15) is 0 Å². The van der Waals surface area contributed by atoms with E-state index in [1.807, 2.05) is 30.3 Å². The average molecular weight is 387 g/mol. The molecule has 7 nitrogen and oxygen atoms in total. The summed E-state index contributed by atoms with van der Waals surface area (Å²) in [5, 5.41) is 0.179. The maximum absolute atomic E-state index is 12.7. The topological polar surface area (TPSA) is 90.2 Å². The zero-order valence-corrected chi connectivity index (χ0v) is 16.2. The highest BCUT2D eigenvalue weighted by molar-refractivity contribution is 7.89. The zero-order valence-electron chi connectivity index (χ0n) is 15.3. The molecule has 8 heteroatoms. The van der Waals surface area contributed by atoms with E-state index in [4.69, 9.17) is 0 Å². The fraction of sp³-hybridized carbons (Fsp3) is 0.263. The minimum atomic E-state index is -3.81. The fourth-order valence-electron chi connectivity index (χ4n) is 3.08. The van der Waals surface area contributed by atoms with Crippen LogP contribution in [0.15, 0.2) is 63.0 Å². The second-order valence-corrected chi connectivity index (χ2v) is 8.31. The number of nitrogens with zero attached hydrogens (tertiary/aromatic N) is 2. The highest BCUT2D eigenvalue weighted by Crippen LogP contribution is 2.16. The summed E-state index contributed by atoms with van der Waals surface area (Å²) in [5.74, 6) is 0. The van der Waals surface area contributed by atoms with Crippen LogP contribution < -0.4 is 16.0 Å². The van der Waals surface area contributed by atoms with Crippen LogP contribution in [0.3, 0.4) is 0 Å². The van der Waals surface area contributed by atoms with E-state index in [0.717, 1.165) is 10.1 Å². The summed E-state index contributed by atoms with van der Waals surface area (Å²) >= 11 is 0. The lowest BCUT2D eigenvalue weighted by molar-refractivity contribution is 0.560. The SMILES string of the molecule is C[C@H](Cc1ccccc1)NS(=O)(=O)c1ccc2c(c1)c(=O)n(C)c(=O)n2C. The quantitative estimate of drug-likeness (QED) is 0.711. The number of rotatable bonds is 5. The van der Waals surface area contributed by atoms with Crippen molar-refractivity contribution in [1.82, 2.24) is 13.9 Å². The minimum Gasteiger partial charge on any atom is -0.296 e. The summed E-state index contributed by atoms with van der Waals surface area (Å²) < 4.78 is 30.4. The van der Waals surface area contributed by atoms with Crippen LogP contribution in [-0.4, -0.2) is 23.6 Å². The molecular weight excluding hydrogens is 366 g/mol. The molecule has 0 aliphatic rings. The molecule has 142 valence electrons. The van der Waals surface area contributed by atoms with Gasteiger partial charge >= 0.3 is 5.69 Å². The Hall–Kier alpha value is -2.71. The molecule has 0 aliphatic carbocycles. The molecule has 0 bridgehead atoms. The third-order valence-corrected chi connectivity index (χ3v) is 6.08. The van der Waals surface area contributed by atoms with Crippen LogP contribution in [0, 0.1) is 0 Å². The monoisotopic (exact) mass is 387 g/mol. The second kappa shape index (κ2) is 7.13. The number of sulfonamides is 1. The Labute approximate surface area is 156 Å². The van der Waals surface area contributed by atoms with Gasteiger partial charge in [0, 0.05) is 20.1 Å². The average Bonchev–Trinajstić information content (AvgIpc) is 2.64. The highest BCUT2D eigenvalue weighted by atomic mass is 32.2. The van der Waals surface area contributed by atoms with Crippen molar-refractivity contribution in [3.63, 3.8) is 0 Å². The summed E-state index contributed by atoms with van der Waals surface area (Å²) in [6.07, 6.45) is 0.546. The first-order valence-electron chi connectivity index (χ1n) is 8.47. The molecule has 0 unspecified atom stereocenters. The third-order valence-electron chi connectivity index (χ3n) is 4.49. The van der Waals surface area contributed by atoms with Crippen molar-refractivity contribution in [3.05, 3.63) is 74.9 Å². The van der Waals surface area contributed by atoms with Crippen molar-refractivity contribution in [3.8, 4) is 0 Å². The van der Waals surface area contributed by atoms with Crippen molar-refractivity contribution in [2.24, 2.45) is 14.1 Å². The summed E-state index contributed by atoms with van der Waals surface area (Å²) in [6, 6.07) is 13.5. The predicted molar refractivity (Wildman–Crippen MR) is 104 cm³/mol. The van der Waals surface area contributed by atoms with E-state index in [1.165, 1.54) is 29.8 Å². The molecule has 1 aromatic heterocycles. The Bertz CT molecular complexity index is 1210. The van der Waals surface area contributed by atoms with Gasteiger partial charge in [0.25, 0.3) is 5.56 Å². The largest absolute Gasteiger partial charge is 0.330 e. The van der Waals surface area contributed by atoms with Gasteiger partial charge in [-0.2, -0.15) is 0 Å². The van der Waals surface area contributed by atoms with Crippen LogP contribution in [0.4, 0.5) is 0 Å². The highest BCUT2D eigenvalue weighted by Gasteiger charge is 2.19. The van der Waals surface area contributed by atoms with Crippen molar-refractivity contribution in [2.75, 3.05) is 0 Å². The number of nitrogens with one attached hydrogen (secondary N) is 1. The van der Waals surface area contributed by atoms with Crippen LogP contribution in [0.5, 0.6) is 0 Å². The van der Waals surface area contributed by atoms with Gasteiger partial charge in [-0.05, 0) is 37.1 Å². The number of hydrogen-bond acceptors (Lipinski definition) is 4. The Morgan fingerprint density at radius 1 is 1.00 bits per heavy atom. The first-order valence-corrected chi connectivity index (χ1v) is 9.95. The normalized spacial score (nSPS) is 13.0. The van der Waals surface area contributed by atoms with E-state index < -0.39 is 21.3 Å². The number of benzene rings is 2. The van der Waals surface area contributed by atoms with Gasteiger partial charge in [-0.25, -0.2) is 17.9 Å². The van der Waals surface area contributed by atoms with Crippen molar-refractivity contribution in [1.29, 1.82) is 0 Å². The molecule has 0 saturated heterocycles. The first-order chi connectivity index (χ1) is 12.7. The van der Waals surface area contributed by atoms with Crippen molar-refractivity contribution in [2.45, 2.75) is 24.3 Å². The van der Waals surface area contributed by atoms with Gasteiger partial charge in [-0.3, -0.25) is 13.9 Å². The third kappa shape index (κ3) is 3.72. The van der Waals surface area contributed by atoms with Crippen LogP contribution in [0.1, 0.15) is 12.5 Å². The van der Waals surface area contributed by atoms with Gasteiger partial charge < -0.3 is 0 Å². The molecule has 0 spiro atoms. The fourth-order valence-corrected chi connectivity index (χ4v) is 4.35. The van der Waals surface area contributed by atoms with E-state index in [1.54, 1.807) is 14.0 Å². The molecule has 0 aliphatic heterocycles. The summed E-state index contributed by atoms with van der Waals surface area (Å²) in [4.78, 5) is 24.4. The lowest BCUT2D eigenvalue weighted by Crippen LogP contribution is -2.37. The van der Waals surface area contributed by atoms with E-state index >= 15 is 0 Å². The van der Waals surface area contributed by atoms with Crippen molar-refractivity contribution < 1.29 is 8.42 Å². The summed E-state index contributed by atoms with van der Waals surface area (Å²) in [6.45, 7) is 1.79. The number of fused-ring (bicyclic) bond motifs is 1. The second-order valence-electron chi connectivity index (χ2n) is 6.60. The lowest BCUT2D eigenvalue weighted by Gasteiger charge is -2.15. The van der Waals surface area contributed by atoms with Gasteiger partial charge in [0.15, 0.2) is 0 Å². The first kappa shape index (κ1) is 19.1. The van der Waals surface area contributed by atoms with E-state index in [-0.39, 0.29) is 16.3 Å². The Morgan fingerprint density at radius 3 is 2.33 bits per heavy atom. The molecule has 27 heavy (non-hydrogen) atoms. The summed E-state index contributed by atoms with van der Waals surface area (Å²) in [5.41, 5.74) is 0.426. The number of aromatic nitrogens is 2. The lowest BCUT2D eigenvalue weighted by atomic mass is 10.1. The maximum atomic E-state index is 12.7. The van der Waals surface area contributed by atoms with Crippen LogP contribution in [0.2, 0.25) is 0 Å². The van der Waals surface area contributed by atoms with Crippen LogP contribution >= 0.6 is 0 Å². The molecule has 1 heterocycles. The molecule has 2 aromatic carbocycles. The zero-order chi connectivity index (χ0) is 19.8. The van der Waals surface area contributed by atoms with Crippen molar-refractivity contribution >= 4 is 20.9 Å². The van der Waals surface area contributed by atoms with Crippen LogP contribution in [-0.2, 0) is 30.5 Å². The molecule has 1 N–H and O–H groups in total. The van der Waals surface area contributed by atoms with Gasteiger partial charge in [0.05, 0.1) is 15.8 Å².